The Morgan fingerprint density at radius 1 is 1.00 bits per heavy atom. The monoisotopic (exact) mass is 322 g/mol. The normalized spacial score (nSPS) is 19.6. The summed E-state index contributed by atoms with van der Waals surface area (Å²) in [5.41, 5.74) is 2.52. The van der Waals surface area contributed by atoms with Gasteiger partial charge in [-0.1, -0.05) is 48.2 Å². The van der Waals surface area contributed by atoms with Gasteiger partial charge in [0.05, 0.1) is 12.0 Å². The lowest BCUT2D eigenvalue weighted by molar-refractivity contribution is 0.380. The van der Waals surface area contributed by atoms with Crippen molar-refractivity contribution in [3.63, 3.8) is 0 Å². The topological polar surface area (TPSA) is 27.0 Å². The summed E-state index contributed by atoms with van der Waals surface area (Å²) in [5.74, 6) is 0.205. The van der Waals surface area contributed by atoms with Crippen molar-refractivity contribution < 1.29 is 0 Å². The van der Waals surface area contributed by atoms with Gasteiger partial charge in [-0.3, -0.25) is 0 Å². The largest absolute Gasteiger partial charge is 0.309 e. The second-order valence-corrected chi connectivity index (χ2v) is 7.42. The maximum Gasteiger partial charge on any atom is 0.0792 e. The highest BCUT2D eigenvalue weighted by molar-refractivity contribution is 7.99. The molecule has 0 bridgehead atoms. The minimum absolute atomic E-state index is 0.0653. The van der Waals surface area contributed by atoms with Gasteiger partial charge in [0.2, 0.25) is 0 Å². The average molecular weight is 322 g/mol. The minimum Gasteiger partial charge on any atom is -0.309 e. The Bertz CT molecular complexity index is 718. The van der Waals surface area contributed by atoms with Gasteiger partial charge in [0.15, 0.2) is 0 Å². The van der Waals surface area contributed by atoms with Gasteiger partial charge in [-0.25, -0.2) is 0 Å². The van der Waals surface area contributed by atoms with Gasteiger partial charge in [-0.15, -0.1) is 0 Å². The van der Waals surface area contributed by atoms with Crippen LogP contribution in [-0.2, 0) is 0 Å². The fraction of sp³-hybridized carbons (Fsp3) is 0.350. The van der Waals surface area contributed by atoms with Crippen LogP contribution in [-0.4, -0.2) is 25.5 Å². The highest BCUT2D eigenvalue weighted by Crippen LogP contribution is 2.48. The molecule has 2 aromatic rings. The van der Waals surface area contributed by atoms with Crippen molar-refractivity contribution in [2.24, 2.45) is 0 Å². The van der Waals surface area contributed by atoms with Crippen LogP contribution in [0.5, 0.6) is 0 Å². The van der Waals surface area contributed by atoms with Crippen molar-refractivity contribution in [2.45, 2.75) is 34.5 Å². The first kappa shape index (κ1) is 16.1. The highest BCUT2D eigenvalue weighted by Gasteiger charge is 2.31. The van der Waals surface area contributed by atoms with Crippen molar-refractivity contribution >= 4 is 11.8 Å². The molecule has 0 unspecified atom stereocenters. The number of rotatable bonds is 4. The SMILES string of the molecule is CN(C)CCC[C@H]1c2ccccc2Sc2ccccc2[C@H]1C#N. The maximum absolute atomic E-state index is 9.90. The summed E-state index contributed by atoms with van der Waals surface area (Å²) in [6.07, 6.45) is 2.15. The van der Waals surface area contributed by atoms with E-state index < -0.39 is 0 Å². The number of benzene rings is 2. The molecule has 0 aliphatic carbocycles. The molecule has 0 amide bonds. The number of hydrogen-bond donors (Lipinski definition) is 0. The first-order chi connectivity index (χ1) is 11.2. The molecule has 0 saturated heterocycles. The van der Waals surface area contributed by atoms with Crippen LogP contribution in [0.15, 0.2) is 58.3 Å². The summed E-state index contributed by atoms with van der Waals surface area (Å²) in [7, 11) is 4.21. The first-order valence-electron chi connectivity index (χ1n) is 8.10. The van der Waals surface area contributed by atoms with E-state index in [4.69, 9.17) is 0 Å². The van der Waals surface area contributed by atoms with Gasteiger partial charge in [0, 0.05) is 15.7 Å². The molecule has 118 valence electrons. The standard InChI is InChI=1S/C20H22N2S/c1-22(2)13-7-10-15-16-8-3-5-11-19(16)23-20-12-6-4-9-17(20)18(15)14-21/h3-6,8-9,11-12,15,18H,7,10,13H2,1-2H3/t15-,18-/m0/s1. The summed E-state index contributed by atoms with van der Waals surface area (Å²) in [4.78, 5) is 4.74. The van der Waals surface area contributed by atoms with Crippen molar-refractivity contribution in [1.82, 2.24) is 4.90 Å². The number of nitriles is 1. The van der Waals surface area contributed by atoms with E-state index in [1.807, 2.05) is 0 Å². The molecular formula is C20H22N2S. The Balaban J connectivity index is 2.02. The van der Waals surface area contributed by atoms with E-state index in [1.54, 1.807) is 11.8 Å². The molecule has 2 nitrogen and oxygen atoms in total. The van der Waals surface area contributed by atoms with Crippen molar-refractivity contribution in [3.8, 4) is 6.07 Å². The van der Waals surface area contributed by atoms with E-state index in [-0.39, 0.29) is 11.8 Å². The smallest absolute Gasteiger partial charge is 0.0792 e. The summed E-state index contributed by atoms with van der Waals surface area (Å²) in [6.45, 7) is 1.06. The van der Waals surface area contributed by atoms with Crippen LogP contribution in [0.2, 0.25) is 0 Å². The van der Waals surface area contributed by atoms with Crippen molar-refractivity contribution in [2.75, 3.05) is 20.6 Å². The molecule has 2 atom stereocenters. The molecule has 0 N–H and O–H groups in total. The van der Waals surface area contributed by atoms with Crippen LogP contribution >= 0.6 is 11.8 Å². The molecule has 3 rings (SSSR count). The van der Waals surface area contributed by atoms with Gasteiger partial charge < -0.3 is 4.90 Å². The molecular weight excluding hydrogens is 300 g/mol. The zero-order valence-electron chi connectivity index (χ0n) is 13.7. The van der Waals surface area contributed by atoms with Gasteiger partial charge in [0.25, 0.3) is 0 Å². The van der Waals surface area contributed by atoms with Gasteiger partial charge in [0.1, 0.15) is 0 Å². The lowest BCUT2D eigenvalue weighted by Gasteiger charge is -2.23. The van der Waals surface area contributed by atoms with E-state index in [1.165, 1.54) is 20.9 Å². The number of hydrogen-bond acceptors (Lipinski definition) is 3. The van der Waals surface area contributed by atoms with Crippen LogP contribution < -0.4 is 0 Å². The fourth-order valence-electron chi connectivity index (χ4n) is 3.33. The zero-order chi connectivity index (χ0) is 16.2. The maximum atomic E-state index is 9.90. The predicted octanol–water partition coefficient (Wildman–Crippen LogP) is 4.88. The zero-order valence-corrected chi connectivity index (χ0v) is 14.5. The van der Waals surface area contributed by atoms with Crippen LogP contribution in [0.3, 0.4) is 0 Å². The number of fused-ring (bicyclic) bond motifs is 2. The third kappa shape index (κ3) is 3.44. The second kappa shape index (κ2) is 7.21. The highest BCUT2D eigenvalue weighted by atomic mass is 32.2. The van der Waals surface area contributed by atoms with Gasteiger partial charge in [-0.05, 0) is 56.7 Å². The average Bonchev–Trinajstić information content (AvgIpc) is 2.68. The van der Waals surface area contributed by atoms with E-state index in [0.717, 1.165) is 19.4 Å². The molecule has 1 heterocycles. The third-order valence-electron chi connectivity index (χ3n) is 4.45. The molecule has 0 saturated carbocycles. The first-order valence-corrected chi connectivity index (χ1v) is 8.92. The molecule has 3 heteroatoms. The summed E-state index contributed by atoms with van der Waals surface area (Å²) >= 11 is 1.80. The van der Waals surface area contributed by atoms with Crippen LogP contribution in [0.1, 0.15) is 35.8 Å². The predicted molar refractivity (Wildman–Crippen MR) is 95.9 cm³/mol. The molecule has 0 radical (unpaired) electrons. The molecule has 0 aromatic heterocycles. The quantitative estimate of drug-likeness (QED) is 0.802. The van der Waals surface area contributed by atoms with Crippen LogP contribution in [0, 0.1) is 11.3 Å². The molecule has 0 fully saturated rings. The van der Waals surface area contributed by atoms with Crippen LogP contribution in [0.4, 0.5) is 0 Å². The number of nitrogens with zero attached hydrogens (tertiary/aromatic N) is 2. The van der Waals surface area contributed by atoms with E-state index in [9.17, 15) is 5.26 Å². The summed E-state index contributed by atoms with van der Waals surface area (Å²) < 4.78 is 0. The van der Waals surface area contributed by atoms with Crippen LogP contribution in [0.25, 0.3) is 0 Å². The van der Waals surface area contributed by atoms with E-state index in [0.29, 0.717) is 0 Å². The minimum atomic E-state index is -0.0653. The Morgan fingerprint density at radius 3 is 2.26 bits per heavy atom. The molecule has 2 aromatic carbocycles. The second-order valence-electron chi connectivity index (χ2n) is 6.34. The Labute approximate surface area is 143 Å². The third-order valence-corrected chi connectivity index (χ3v) is 5.64. The lowest BCUT2D eigenvalue weighted by Crippen LogP contribution is -2.16. The van der Waals surface area contributed by atoms with E-state index >= 15 is 0 Å². The Hall–Kier alpha value is -1.76. The van der Waals surface area contributed by atoms with E-state index in [2.05, 4.69) is 73.6 Å². The Morgan fingerprint density at radius 2 is 1.61 bits per heavy atom. The van der Waals surface area contributed by atoms with Crippen molar-refractivity contribution in [1.29, 1.82) is 5.26 Å². The molecule has 0 spiro atoms. The molecule has 23 heavy (non-hydrogen) atoms. The van der Waals surface area contributed by atoms with Gasteiger partial charge >= 0.3 is 0 Å². The molecule has 1 aliphatic heterocycles. The summed E-state index contributed by atoms with van der Waals surface area (Å²) in [6, 6.07) is 19.6. The van der Waals surface area contributed by atoms with Gasteiger partial charge in [-0.2, -0.15) is 5.26 Å². The molecule has 1 aliphatic rings. The Kier molecular flexibility index (Phi) is 5.05. The van der Waals surface area contributed by atoms with Crippen molar-refractivity contribution in [3.05, 3.63) is 59.7 Å². The fourth-order valence-corrected chi connectivity index (χ4v) is 4.51. The lowest BCUT2D eigenvalue weighted by atomic mass is 9.79. The summed E-state index contributed by atoms with van der Waals surface area (Å²) in [5, 5.41) is 9.90.